The zero-order valence-corrected chi connectivity index (χ0v) is 15.5. The Labute approximate surface area is 156 Å². The lowest BCUT2D eigenvalue weighted by atomic mass is 10.0. The number of furan rings is 1. The lowest BCUT2D eigenvalue weighted by molar-refractivity contribution is -0.120. The van der Waals surface area contributed by atoms with Crippen LogP contribution in [-0.2, 0) is 11.3 Å². The van der Waals surface area contributed by atoms with Gasteiger partial charge in [0, 0.05) is 6.54 Å². The fourth-order valence-electron chi connectivity index (χ4n) is 2.44. The molecular formula is C18H21N5O2S. The molecule has 0 saturated heterocycles. The summed E-state index contributed by atoms with van der Waals surface area (Å²) in [5, 5.41) is 14.9. The van der Waals surface area contributed by atoms with Crippen molar-refractivity contribution in [2.75, 3.05) is 6.54 Å². The molecule has 3 aromatic rings. The number of thioether (sulfide) groups is 1. The molecule has 136 valence electrons. The molecule has 7 nitrogen and oxygen atoms in total. The minimum absolute atomic E-state index is 0.0367. The number of benzene rings is 1. The summed E-state index contributed by atoms with van der Waals surface area (Å²) in [4.78, 5) is 12.4. The number of rotatable bonds is 8. The minimum Gasteiger partial charge on any atom is -0.467 e. The van der Waals surface area contributed by atoms with Crippen LogP contribution in [0, 0.1) is 0 Å². The summed E-state index contributed by atoms with van der Waals surface area (Å²) in [7, 11) is 0. The Bertz CT molecular complexity index is 819. The average molecular weight is 371 g/mol. The molecule has 0 bridgehead atoms. The van der Waals surface area contributed by atoms with E-state index in [1.165, 1.54) is 17.3 Å². The fourth-order valence-corrected chi connectivity index (χ4v) is 3.25. The van der Waals surface area contributed by atoms with Gasteiger partial charge in [-0.3, -0.25) is 4.79 Å². The van der Waals surface area contributed by atoms with Gasteiger partial charge in [-0.05, 0) is 41.0 Å². The number of carbonyl (C=O) groups is 1. The van der Waals surface area contributed by atoms with Gasteiger partial charge in [0.15, 0.2) is 0 Å². The summed E-state index contributed by atoms with van der Waals surface area (Å²) in [6, 6.07) is 13.8. The summed E-state index contributed by atoms with van der Waals surface area (Å²) in [5.74, 6) is 0.972. The van der Waals surface area contributed by atoms with Crippen LogP contribution in [0.4, 0.5) is 0 Å². The van der Waals surface area contributed by atoms with Gasteiger partial charge in [-0.2, -0.15) is 0 Å². The maximum absolute atomic E-state index is 12.4. The van der Waals surface area contributed by atoms with Gasteiger partial charge in [0.2, 0.25) is 11.1 Å². The predicted molar refractivity (Wildman–Crippen MR) is 98.8 cm³/mol. The molecule has 26 heavy (non-hydrogen) atoms. The first-order chi connectivity index (χ1) is 12.6. The molecule has 2 heterocycles. The van der Waals surface area contributed by atoms with Crippen molar-refractivity contribution in [1.29, 1.82) is 0 Å². The lowest BCUT2D eigenvalue weighted by Crippen LogP contribution is -2.33. The van der Waals surface area contributed by atoms with E-state index >= 15 is 0 Å². The van der Waals surface area contributed by atoms with E-state index in [-0.39, 0.29) is 17.1 Å². The van der Waals surface area contributed by atoms with Gasteiger partial charge in [-0.1, -0.05) is 49.0 Å². The van der Waals surface area contributed by atoms with Crippen molar-refractivity contribution >= 4 is 17.7 Å². The van der Waals surface area contributed by atoms with Crippen molar-refractivity contribution in [3.8, 4) is 0 Å². The van der Waals surface area contributed by atoms with Crippen molar-refractivity contribution in [2.24, 2.45) is 0 Å². The second-order valence-corrected chi connectivity index (χ2v) is 7.32. The Morgan fingerprint density at radius 2 is 2.04 bits per heavy atom. The first kappa shape index (κ1) is 18.2. The molecular weight excluding hydrogens is 350 g/mol. The predicted octanol–water partition coefficient (Wildman–Crippen LogP) is 2.71. The van der Waals surface area contributed by atoms with Gasteiger partial charge in [0.25, 0.3) is 0 Å². The molecule has 1 N–H and O–H groups in total. The molecule has 3 rings (SSSR count). The van der Waals surface area contributed by atoms with Crippen LogP contribution >= 0.6 is 11.8 Å². The van der Waals surface area contributed by atoms with Crippen molar-refractivity contribution in [3.63, 3.8) is 0 Å². The Kier molecular flexibility index (Phi) is 6.06. The van der Waals surface area contributed by atoms with Crippen LogP contribution < -0.4 is 5.32 Å². The number of tetrazole rings is 1. The van der Waals surface area contributed by atoms with E-state index in [2.05, 4.69) is 39.9 Å². The maximum Gasteiger partial charge on any atom is 0.233 e. The summed E-state index contributed by atoms with van der Waals surface area (Å²) >= 11 is 1.33. The largest absolute Gasteiger partial charge is 0.467 e. The quantitative estimate of drug-likeness (QED) is 0.613. The summed E-state index contributed by atoms with van der Waals surface area (Å²) in [6.45, 7) is 4.96. The highest BCUT2D eigenvalue weighted by Crippen LogP contribution is 2.21. The Morgan fingerprint density at radius 1 is 1.23 bits per heavy atom. The molecule has 2 aromatic heterocycles. The van der Waals surface area contributed by atoms with E-state index in [0.717, 1.165) is 5.76 Å². The third-order valence-corrected chi connectivity index (χ3v) is 5.06. The van der Waals surface area contributed by atoms with E-state index in [0.29, 0.717) is 18.2 Å². The first-order valence-corrected chi connectivity index (χ1v) is 9.29. The van der Waals surface area contributed by atoms with Crippen molar-refractivity contribution in [2.45, 2.75) is 36.7 Å². The maximum atomic E-state index is 12.4. The van der Waals surface area contributed by atoms with Crippen LogP contribution in [0.25, 0.3) is 0 Å². The SMILES string of the molecule is C[C@H](CNC(=O)[C@@H](C)Sc1nnnn1Cc1ccco1)c1ccccc1. The summed E-state index contributed by atoms with van der Waals surface area (Å²) in [5.41, 5.74) is 1.20. The Balaban J connectivity index is 1.52. The normalized spacial score (nSPS) is 13.3. The highest BCUT2D eigenvalue weighted by molar-refractivity contribution is 8.00. The number of carbonyl (C=O) groups excluding carboxylic acids is 1. The second-order valence-electron chi connectivity index (χ2n) is 6.02. The first-order valence-electron chi connectivity index (χ1n) is 8.41. The Morgan fingerprint density at radius 3 is 2.77 bits per heavy atom. The van der Waals surface area contributed by atoms with E-state index in [1.807, 2.05) is 37.3 Å². The van der Waals surface area contributed by atoms with Crippen LogP contribution in [-0.4, -0.2) is 37.9 Å². The van der Waals surface area contributed by atoms with Crippen LogP contribution in [0.15, 0.2) is 58.3 Å². The monoisotopic (exact) mass is 371 g/mol. The van der Waals surface area contributed by atoms with E-state index in [4.69, 9.17) is 4.42 Å². The van der Waals surface area contributed by atoms with Crippen molar-refractivity contribution in [1.82, 2.24) is 25.5 Å². The van der Waals surface area contributed by atoms with Crippen molar-refractivity contribution < 1.29 is 9.21 Å². The fraction of sp³-hybridized carbons (Fsp3) is 0.333. The molecule has 0 aliphatic heterocycles. The zero-order chi connectivity index (χ0) is 18.4. The van der Waals surface area contributed by atoms with Gasteiger partial charge >= 0.3 is 0 Å². The number of hydrogen-bond donors (Lipinski definition) is 1. The molecule has 0 aliphatic rings. The van der Waals surface area contributed by atoms with Crippen LogP contribution in [0.3, 0.4) is 0 Å². The molecule has 8 heteroatoms. The van der Waals surface area contributed by atoms with E-state index < -0.39 is 0 Å². The van der Waals surface area contributed by atoms with Crippen LogP contribution in [0.1, 0.15) is 31.1 Å². The standard InChI is InChI=1S/C18H21N5O2S/c1-13(15-7-4-3-5-8-15)11-19-17(24)14(2)26-18-20-21-22-23(18)12-16-9-6-10-25-16/h3-10,13-14H,11-12H2,1-2H3,(H,19,24)/t13-,14-/m1/s1. The number of aromatic nitrogens is 4. The molecule has 1 aromatic carbocycles. The van der Waals surface area contributed by atoms with E-state index in [1.54, 1.807) is 10.9 Å². The van der Waals surface area contributed by atoms with Gasteiger partial charge in [0.1, 0.15) is 12.3 Å². The highest BCUT2D eigenvalue weighted by atomic mass is 32.2. The van der Waals surface area contributed by atoms with Crippen LogP contribution in [0.5, 0.6) is 0 Å². The molecule has 0 aliphatic carbocycles. The topological polar surface area (TPSA) is 85.8 Å². The molecule has 0 fully saturated rings. The molecule has 1 amide bonds. The highest BCUT2D eigenvalue weighted by Gasteiger charge is 2.19. The number of hydrogen-bond acceptors (Lipinski definition) is 6. The third-order valence-electron chi connectivity index (χ3n) is 3.99. The molecule has 2 atom stereocenters. The smallest absolute Gasteiger partial charge is 0.233 e. The van der Waals surface area contributed by atoms with E-state index in [9.17, 15) is 4.79 Å². The molecule has 0 unspecified atom stereocenters. The molecule has 0 saturated carbocycles. The Hall–Kier alpha value is -2.61. The van der Waals surface area contributed by atoms with Crippen molar-refractivity contribution in [3.05, 3.63) is 60.1 Å². The minimum atomic E-state index is -0.306. The number of amides is 1. The lowest BCUT2D eigenvalue weighted by Gasteiger charge is -2.15. The molecule has 0 spiro atoms. The van der Waals surface area contributed by atoms with Crippen LogP contribution in [0.2, 0.25) is 0 Å². The summed E-state index contributed by atoms with van der Waals surface area (Å²) < 4.78 is 6.94. The zero-order valence-electron chi connectivity index (χ0n) is 14.7. The third kappa shape index (κ3) is 4.72. The van der Waals surface area contributed by atoms with Gasteiger partial charge in [-0.25, -0.2) is 4.68 Å². The van der Waals surface area contributed by atoms with Gasteiger partial charge in [-0.15, -0.1) is 5.10 Å². The number of nitrogens with zero attached hydrogens (tertiary/aromatic N) is 4. The number of nitrogens with one attached hydrogen (secondary N) is 1. The van der Waals surface area contributed by atoms with Gasteiger partial charge in [0.05, 0.1) is 11.5 Å². The average Bonchev–Trinajstić information content (AvgIpc) is 3.33. The molecule has 0 radical (unpaired) electrons. The van der Waals surface area contributed by atoms with Gasteiger partial charge < -0.3 is 9.73 Å². The summed E-state index contributed by atoms with van der Waals surface area (Å²) in [6.07, 6.45) is 1.61. The second kappa shape index (κ2) is 8.66.